The maximum atomic E-state index is 9.95. The lowest BCUT2D eigenvalue weighted by Gasteiger charge is -2.44. The van der Waals surface area contributed by atoms with E-state index in [-0.39, 0.29) is 17.2 Å². The van der Waals surface area contributed by atoms with Crippen molar-refractivity contribution in [3.63, 3.8) is 0 Å². The van der Waals surface area contributed by atoms with Gasteiger partial charge in [0, 0.05) is 10.9 Å². The minimum Gasteiger partial charge on any atom is -0.399 e. The van der Waals surface area contributed by atoms with Gasteiger partial charge >= 0.3 is 0 Å². The summed E-state index contributed by atoms with van der Waals surface area (Å²) in [6.45, 7) is 2.13. The monoisotopic (exact) mass is 348 g/mol. The van der Waals surface area contributed by atoms with Crippen LogP contribution < -0.4 is 5.73 Å². The molecule has 3 rings (SSSR count). The summed E-state index contributed by atoms with van der Waals surface area (Å²) in [5, 5.41) is 30.0. The second kappa shape index (κ2) is 6.29. The summed E-state index contributed by atoms with van der Waals surface area (Å²) in [6, 6.07) is 13.6. The zero-order chi connectivity index (χ0) is 18.2. The van der Waals surface area contributed by atoms with Crippen LogP contribution in [0.3, 0.4) is 0 Å². The van der Waals surface area contributed by atoms with Gasteiger partial charge in [0.25, 0.3) is 0 Å². The standard InChI is InChI=1S/C20H17ClN4/c1-12-6-7-13-15(8-12)18(14-4-2-3-5-17(14)21)20(10-23,11-24)19(25)16(13)9-22/h2-5,7,12,15,18H,6,8,25H2,1H3/t12-,15-,18+/m1/s1. The highest BCUT2D eigenvalue weighted by molar-refractivity contribution is 6.31. The number of nitriles is 3. The van der Waals surface area contributed by atoms with Crippen molar-refractivity contribution < 1.29 is 0 Å². The Morgan fingerprint density at radius 3 is 2.48 bits per heavy atom. The Balaban J connectivity index is 2.37. The van der Waals surface area contributed by atoms with Crippen LogP contribution in [0, 0.1) is 51.2 Å². The van der Waals surface area contributed by atoms with Crippen molar-refractivity contribution in [2.45, 2.75) is 25.7 Å². The van der Waals surface area contributed by atoms with Crippen LogP contribution in [-0.2, 0) is 0 Å². The third-order valence-electron chi connectivity index (χ3n) is 5.35. The van der Waals surface area contributed by atoms with Gasteiger partial charge in [-0.2, -0.15) is 15.8 Å². The number of benzene rings is 1. The summed E-state index contributed by atoms with van der Waals surface area (Å²) < 4.78 is 0. The number of nitrogens with two attached hydrogens (primary N) is 1. The SMILES string of the molecule is C[C@@H]1CC=C2C(C#N)=C(N)C(C#N)(C#N)[C@@H](c3ccccc3Cl)[C@@H]2C1. The van der Waals surface area contributed by atoms with Crippen LogP contribution in [0.1, 0.15) is 31.2 Å². The Bertz CT molecular complexity index is 893. The molecular formula is C20H17ClN4. The Kier molecular flexibility index (Phi) is 4.30. The van der Waals surface area contributed by atoms with Crippen LogP contribution in [0.5, 0.6) is 0 Å². The molecule has 2 aliphatic rings. The van der Waals surface area contributed by atoms with Gasteiger partial charge < -0.3 is 5.73 Å². The summed E-state index contributed by atoms with van der Waals surface area (Å²) in [5.41, 5.74) is 6.54. The highest BCUT2D eigenvalue weighted by Gasteiger charge is 2.54. The molecule has 1 aromatic rings. The Hall–Kier alpha value is -2.74. The Labute approximate surface area is 152 Å². The average molecular weight is 349 g/mol. The van der Waals surface area contributed by atoms with Crippen molar-refractivity contribution in [2.24, 2.45) is 23.0 Å². The zero-order valence-electron chi connectivity index (χ0n) is 13.8. The molecule has 0 unspecified atom stereocenters. The van der Waals surface area contributed by atoms with E-state index in [1.807, 2.05) is 24.3 Å². The number of nitrogens with zero attached hydrogens (tertiary/aromatic N) is 3. The summed E-state index contributed by atoms with van der Waals surface area (Å²) in [6.07, 6.45) is 3.67. The van der Waals surface area contributed by atoms with E-state index >= 15 is 0 Å². The molecule has 0 saturated heterocycles. The lowest BCUT2D eigenvalue weighted by molar-refractivity contribution is 0.284. The second-order valence-electron chi connectivity index (χ2n) is 6.77. The van der Waals surface area contributed by atoms with Gasteiger partial charge in [0.15, 0.2) is 5.41 Å². The minimum absolute atomic E-state index is 0.0435. The highest BCUT2D eigenvalue weighted by atomic mass is 35.5. The molecule has 0 spiro atoms. The molecule has 4 nitrogen and oxygen atoms in total. The van der Waals surface area contributed by atoms with Gasteiger partial charge in [-0.1, -0.05) is 42.8 Å². The number of rotatable bonds is 1. The molecule has 0 fully saturated rings. The van der Waals surface area contributed by atoms with Gasteiger partial charge in [-0.05, 0) is 41.9 Å². The molecule has 0 radical (unpaired) electrons. The number of fused-ring (bicyclic) bond motifs is 1. The van der Waals surface area contributed by atoms with Crippen molar-refractivity contribution in [1.82, 2.24) is 0 Å². The molecule has 2 N–H and O–H groups in total. The molecule has 0 aromatic heterocycles. The molecule has 124 valence electrons. The number of halogens is 1. The van der Waals surface area contributed by atoms with Crippen molar-refractivity contribution in [1.29, 1.82) is 15.8 Å². The van der Waals surface area contributed by atoms with Crippen LogP contribution in [0.4, 0.5) is 0 Å². The molecule has 5 heteroatoms. The van der Waals surface area contributed by atoms with E-state index in [1.54, 1.807) is 6.07 Å². The predicted octanol–water partition coefficient (Wildman–Crippen LogP) is 4.18. The molecule has 2 aliphatic carbocycles. The van der Waals surface area contributed by atoms with E-state index in [0.29, 0.717) is 10.9 Å². The molecule has 0 amide bonds. The van der Waals surface area contributed by atoms with Gasteiger partial charge in [-0.3, -0.25) is 0 Å². The van der Waals surface area contributed by atoms with E-state index in [2.05, 4.69) is 25.1 Å². The number of allylic oxidation sites excluding steroid dienone is 4. The second-order valence-corrected chi connectivity index (χ2v) is 7.18. The van der Waals surface area contributed by atoms with Crippen LogP contribution in [-0.4, -0.2) is 0 Å². The first-order valence-electron chi connectivity index (χ1n) is 8.17. The summed E-state index contributed by atoms with van der Waals surface area (Å²) in [7, 11) is 0. The van der Waals surface area contributed by atoms with E-state index in [1.165, 1.54) is 0 Å². The zero-order valence-corrected chi connectivity index (χ0v) is 14.6. The fraction of sp³-hybridized carbons (Fsp3) is 0.350. The molecular weight excluding hydrogens is 332 g/mol. The summed E-state index contributed by atoms with van der Waals surface area (Å²) in [4.78, 5) is 0. The smallest absolute Gasteiger partial charge is 0.191 e. The van der Waals surface area contributed by atoms with Crippen molar-refractivity contribution in [2.75, 3.05) is 0 Å². The summed E-state index contributed by atoms with van der Waals surface area (Å²) in [5.74, 6) is -0.236. The first-order chi connectivity index (χ1) is 12.0. The number of hydrogen-bond acceptors (Lipinski definition) is 4. The maximum absolute atomic E-state index is 9.95. The number of hydrogen-bond donors (Lipinski definition) is 1. The molecule has 0 saturated carbocycles. The third-order valence-corrected chi connectivity index (χ3v) is 5.70. The fourth-order valence-corrected chi connectivity index (χ4v) is 4.40. The van der Waals surface area contributed by atoms with Crippen molar-refractivity contribution in [3.05, 3.63) is 57.8 Å². The first-order valence-corrected chi connectivity index (χ1v) is 8.55. The molecule has 1 aromatic carbocycles. The topological polar surface area (TPSA) is 97.4 Å². The molecule has 0 aliphatic heterocycles. The average Bonchev–Trinajstić information content (AvgIpc) is 2.62. The molecule has 25 heavy (non-hydrogen) atoms. The van der Waals surface area contributed by atoms with E-state index in [4.69, 9.17) is 17.3 Å². The first kappa shape index (κ1) is 17.1. The molecule has 0 heterocycles. The van der Waals surface area contributed by atoms with Crippen molar-refractivity contribution >= 4 is 11.6 Å². The largest absolute Gasteiger partial charge is 0.399 e. The van der Waals surface area contributed by atoms with Gasteiger partial charge in [0.2, 0.25) is 0 Å². The highest BCUT2D eigenvalue weighted by Crippen LogP contribution is 2.57. The van der Waals surface area contributed by atoms with Gasteiger partial charge in [-0.25, -0.2) is 0 Å². The van der Waals surface area contributed by atoms with Crippen LogP contribution in [0.25, 0.3) is 0 Å². The lowest BCUT2D eigenvalue weighted by Crippen LogP contribution is -2.43. The van der Waals surface area contributed by atoms with Crippen LogP contribution in [0.15, 0.2) is 47.2 Å². The fourth-order valence-electron chi connectivity index (χ4n) is 4.15. The Morgan fingerprint density at radius 2 is 1.88 bits per heavy atom. The third kappa shape index (κ3) is 2.41. The quantitative estimate of drug-likeness (QED) is 0.823. The minimum atomic E-state index is -1.60. The van der Waals surface area contributed by atoms with Gasteiger partial charge in [0.05, 0.1) is 23.4 Å². The van der Waals surface area contributed by atoms with Gasteiger partial charge in [-0.15, -0.1) is 0 Å². The van der Waals surface area contributed by atoms with E-state index < -0.39 is 11.3 Å². The maximum Gasteiger partial charge on any atom is 0.191 e. The van der Waals surface area contributed by atoms with Gasteiger partial charge in [0.1, 0.15) is 6.07 Å². The van der Waals surface area contributed by atoms with Crippen molar-refractivity contribution in [3.8, 4) is 18.2 Å². The molecule has 3 atom stereocenters. The molecule has 0 bridgehead atoms. The summed E-state index contributed by atoms with van der Waals surface area (Å²) >= 11 is 6.42. The lowest BCUT2D eigenvalue weighted by atomic mass is 9.56. The Morgan fingerprint density at radius 1 is 1.20 bits per heavy atom. The van der Waals surface area contributed by atoms with Crippen LogP contribution >= 0.6 is 11.6 Å². The predicted molar refractivity (Wildman–Crippen MR) is 94.6 cm³/mol. The van der Waals surface area contributed by atoms with E-state index in [0.717, 1.165) is 24.0 Å². The van der Waals surface area contributed by atoms with E-state index in [9.17, 15) is 15.8 Å². The normalized spacial score (nSPS) is 27.3. The van der Waals surface area contributed by atoms with Crippen LogP contribution in [0.2, 0.25) is 5.02 Å².